The van der Waals surface area contributed by atoms with E-state index in [4.69, 9.17) is 0 Å². The fourth-order valence-corrected chi connectivity index (χ4v) is 6.05. The van der Waals surface area contributed by atoms with Crippen LogP contribution in [0.1, 0.15) is 39.5 Å². The Labute approximate surface area is 145 Å². The van der Waals surface area contributed by atoms with Crippen molar-refractivity contribution >= 4 is 20.0 Å². The first-order valence-corrected chi connectivity index (χ1v) is 11.2. The first kappa shape index (κ1) is 19.4. The molecule has 0 saturated carbocycles. The van der Waals surface area contributed by atoms with E-state index in [1.807, 2.05) is 13.8 Å². The van der Waals surface area contributed by atoms with Crippen molar-refractivity contribution in [3.8, 4) is 0 Å². The summed E-state index contributed by atoms with van der Waals surface area (Å²) < 4.78 is 53.2. The van der Waals surface area contributed by atoms with Crippen LogP contribution in [0, 0.1) is 0 Å². The highest BCUT2D eigenvalue weighted by molar-refractivity contribution is 7.89. The average Bonchev–Trinajstić information content (AvgIpc) is 3.11. The van der Waals surface area contributed by atoms with Gasteiger partial charge in [0.15, 0.2) is 0 Å². The Kier molecular flexibility index (Phi) is 6.06. The molecule has 1 aliphatic rings. The third-order valence-electron chi connectivity index (χ3n) is 4.66. The molecule has 0 spiro atoms. The molecule has 0 radical (unpaired) electrons. The minimum atomic E-state index is -3.62. The summed E-state index contributed by atoms with van der Waals surface area (Å²) in [6.07, 6.45) is 3.19. The first-order chi connectivity index (χ1) is 11.2. The molecule has 0 N–H and O–H groups in total. The van der Waals surface area contributed by atoms with Crippen molar-refractivity contribution in [3.63, 3.8) is 0 Å². The Morgan fingerprint density at radius 1 is 0.958 bits per heavy atom. The van der Waals surface area contributed by atoms with Crippen molar-refractivity contribution in [3.05, 3.63) is 24.3 Å². The van der Waals surface area contributed by atoms with Crippen LogP contribution >= 0.6 is 0 Å². The number of hydrogen-bond acceptors (Lipinski definition) is 4. The number of rotatable bonds is 7. The molecule has 1 saturated heterocycles. The number of sulfonamides is 2. The third-order valence-corrected chi connectivity index (χ3v) is 8.50. The van der Waals surface area contributed by atoms with Gasteiger partial charge in [-0.1, -0.05) is 13.8 Å². The summed E-state index contributed by atoms with van der Waals surface area (Å²) >= 11 is 0. The predicted octanol–water partition coefficient (Wildman–Crippen LogP) is 2.28. The van der Waals surface area contributed by atoms with E-state index in [1.165, 1.54) is 32.9 Å². The molecule has 24 heavy (non-hydrogen) atoms. The molecule has 0 aromatic heterocycles. The lowest BCUT2D eigenvalue weighted by atomic mass is 10.2. The van der Waals surface area contributed by atoms with Crippen molar-refractivity contribution in [2.45, 2.75) is 55.4 Å². The minimum absolute atomic E-state index is 0.0667. The predicted molar refractivity (Wildman–Crippen MR) is 93.8 cm³/mol. The topological polar surface area (TPSA) is 74.8 Å². The summed E-state index contributed by atoms with van der Waals surface area (Å²) in [5, 5.41) is 0. The van der Waals surface area contributed by atoms with Crippen LogP contribution in [0.25, 0.3) is 0 Å². The first-order valence-electron chi connectivity index (χ1n) is 8.33. The molecule has 6 nitrogen and oxygen atoms in total. The van der Waals surface area contributed by atoms with Gasteiger partial charge in [-0.05, 0) is 49.9 Å². The minimum Gasteiger partial charge on any atom is -0.207 e. The average molecular weight is 375 g/mol. The molecule has 0 amide bonds. The summed E-state index contributed by atoms with van der Waals surface area (Å²) in [4.78, 5) is 0.269. The smallest absolute Gasteiger partial charge is 0.207 e. The van der Waals surface area contributed by atoms with Crippen LogP contribution in [0.3, 0.4) is 0 Å². The zero-order valence-electron chi connectivity index (χ0n) is 14.5. The highest BCUT2D eigenvalue weighted by atomic mass is 32.2. The van der Waals surface area contributed by atoms with E-state index in [0.717, 1.165) is 25.7 Å². The van der Waals surface area contributed by atoms with Crippen molar-refractivity contribution in [2.75, 3.05) is 20.1 Å². The Bertz CT molecular complexity index is 748. The van der Waals surface area contributed by atoms with Gasteiger partial charge in [0.2, 0.25) is 20.0 Å². The van der Waals surface area contributed by atoms with Gasteiger partial charge in [-0.25, -0.2) is 16.8 Å². The molecule has 1 aromatic carbocycles. The monoisotopic (exact) mass is 374 g/mol. The van der Waals surface area contributed by atoms with E-state index in [-0.39, 0.29) is 15.8 Å². The van der Waals surface area contributed by atoms with Gasteiger partial charge in [0.25, 0.3) is 0 Å². The van der Waals surface area contributed by atoms with Crippen molar-refractivity contribution in [2.24, 2.45) is 0 Å². The van der Waals surface area contributed by atoms with Crippen LogP contribution in [0.2, 0.25) is 0 Å². The van der Waals surface area contributed by atoms with E-state index >= 15 is 0 Å². The van der Waals surface area contributed by atoms with Crippen molar-refractivity contribution in [1.29, 1.82) is 0 Å². The van der Waals surface area contributed by atoms with Gasteiger partial charge < -0.3 is 0 Å². The third kappa shape index (κ3) is 3.66. The van der Waals surface area contributed by atoms with Crippen LogP contribution in [0.4, 0.5) is 0 Å². The Hall–Kier alpha value is -0.960. The molecular weight excluding hydrogens is 348 g/mol. The van der Waals surface area contributed by atoms with Crippen LogP contribution in [0.5, 0.6) is 0 Å². The van der Waals surface area contributed by atoms with Crippen LogP contribution in [0.15, 0.2) is 34.1 Å². The van der Waals surface area contributed by atoms with Gasteiger partial charge in [0, 0.05) is 26.2 Å². The Balaban J connectivity index is 2.28. The molecule has 1 aliphatic heterocycles. The largest absolute Gasteiger partial charge is 0.243 e. The van der Waals surface area contributed by atoms with Crippen LogP contribution in [-0.2, 0) is 20.0 Å². The highest BCUT2D eigenvalue weighted by Gasteiger charge is 2.29. The number of benzene rings is 1. The van der Waals surface area contributed by atoms with E-state index < -0.39 is 20.0 Å². The fraction of sp³-hybridized carbons (Fsp3) is 0.625. The lowest BCUT2D eigenvalue weighted by Gasteiger charge is -2.25. The molecule has 0 bridgehead atoms. The lowest BCUT2D eigenvalue weighted by Crippen LogP contribution is -2.36. The summed E-state index contributed by atoms with van der Waals surface area (Å²) in [7, 11) is -5.57. The van der Waals surface area contributed by atoms with Gasteiger partial charge in [0.1, 0.15) is 0 Å². The van der Waals surface area contributed by atoms with Crippen LogP contribution < -0.4 is 0 Å². The van der Waals surface area contributed by atoms with E-state index in [0.29, 0.717) is 13.1 Å². The number of hydrogen-bond donors (Lipinski definition) is 0. The summed E-state index contributed by atoms with van der Waals surface area (Å²) in [5.74, 6) is 0. The molecule has 136 valence electrons. The molecule has 8 heteroatoms. The lowest BCUT2D eigenvalue weighted by molar-refractivity contribution is 0.349. The van der Waals surface area contributed by atoms with Gasteiger partial charge in [-0.2, -0.15) is 8.61 Å². The summed E-state index contributed by atoms with van der Waals surface area (Å²) in [6.45, 7) is 4.96. The van der Waals surface area contributed by atoms with E-state index in [1.54, 1.807) is 7.05 Å². The summed E-state index contributed by atoms with van der Waals surface area (Å²) in [6, 6.07) is 5.49. The van der Waals surface area contributed by atoms with E-state index in [9.17, 15) is 16.8 Å². The maximum atomic E-state index is 12.7. The maximum absolute atomic E-state index is 12.7. The number of nitrogens with zero attached hydrogens (tertiary/aromatic N) is 2. The van der Waals surface area contributed by atoms with Crippen LogP contribution in [-0.4, -0.2) is 51.6 Å². The normalized spacial score (nSPS) is 17.0. The second-order valence-corrected chi connectivity index (χ2v) is 10.0. The molecule has 1 fully saturated rings. The van der Waals surface area contributed by atoms with Gasteiger partial charge >= 0.3 is 0 Å². The Morgan fingerprint density at radius 2 is 1.42 bits per heavy atom. The fourth-order valence-electron chi connectivity index (χ4n) is 3.03. The molecule has 0 atom stereocenters. The van der Waals surface area contributed by atoms with Gasteiger partial charge in [-0.15, -0.1) is 0 Å². The van der Waals surface area contributed by atoms with Gasteiger partial charge in [0.05, 0.1) is 9.79 Å². The quantitative estimate of drug-likeness (QED) is 0.734. The van der Waals surface area contributed by atoms with E-state index in [2.05, 4.69) is 0 Å². The highest BCUT2D eigenvalue weighted by Crippen LogP contribution is 2.24. The van der Waals surface area contributed by atoms with Gasteiger partial charge in [-0.3, -0.25) is 0 Å². The molecule has 2 rings (SSSR count). The van der Waals surface area contributed by atoms with Crippen molar-refractivity contribution < 1.29 is 16.8 Å². The van der Waals surface area contributed by atoms with Crippen molar-refractivity contribution in [1.82, 2.24) is 8.61 Å². The Morgan fingerprint density at radius 3 is 1.88 bits per heavy atom. The molecule has 1 aromatic rings. The maximum Gasteiger partial charge on any atom is 0.243 e. The second-order valence-electron chi connectivity index (χ2n) is 6.07. The molecule has 0 unspecified atom stereocenters. The second kappa shape index (κ2) is 7.51. The SMILES string of the molecule is CCC(CC)N(C)S(=O)(=O)c1ccc(S(=O)(=O)N2CCCC2)cc1. The summed E-state index contributed by atoms with van der Waals surface area (Å²) in [5.41, 5.74) is 0. The molecule has 0 aliphatic carbocycles. The zero-order chi connectivity index (χ0) is 18.0. The zero-order valence-corrected chi connectivity index (χ0v) is 16.1. The molecule has 1 heterocycles. The standard InChI is InChI=1S/C16H26N2O4S2/c1-4-14(5-2)17(3)23(19,20)15-8-10-16(11-9-15)24(21,22)18-12-6-7-13-18/h8-11,14H,4-7,12-13H2,1-3H3. The molecular formula is C16H26N2O4S2.